The number of hydrogen-bond acceptors (Lipinski definition) is 3. The highest BCUT2D eigenvalue weighted by Crippen LogP contribution is 2.17. The third-order valence-corrected chi connectivity index (χ3v) is 3.25. The first-order chi connectivity index (χ1) is 9.58. The Labute approximate surface area is 124 Å². The molecule has 1 aromatic heterocycles. The van der Waals surface area contributed by atoms with Crippen LogP contribution in [0.2, 0.25) is 5.02 Å². The molecule has 0 aliphatic carbocycles. The van der Waals surface area contributed by atoms with Crippen molar-refractivity contribution in [2.24, 2.45) is 5.73 Å². The number of aromatic nitrogens is 2. The Balaban J connectivity index is 1.90. The molecule has 0 radical (unpaired) electrons. The van der Waals surface area contributed by atoms with Crippen molar-refractivity contribution >= 4 is 11.6 Å². The number of benzene rings is 1. The Morgan fingerprint density at radius 1 is 1.40 bits per heavy atom. The number of rotatable bonds is 6. The number of halogens is 1. The zero-order valence-electron chi connectivity index (χ0n) is 11.8. The molecule has 5 heteroatoms. The standard InChI is InChI=1S/C15H20ClN3O/c1-3-19-14(7-11(2)18-19)9-13(17)10-20-15-6-4-5-12(16)8-15/h4-8,13H,3,9-10,17H2,1-2H3. The summed E-state index contributed by atoms with van der Waals surface area (Å²) in [6.07, 6.45) is 0.745. The Hall–Kier alpha value is -1.52. The molecule has 0 amide bonds. The monoisotopic (exact) mass is 293 g/mol. The molecule has 0 aliphatic rings. The Bertz CT molecular complexity index is 568. The van der Waals surface area contributed by atoms with Gasteiger partial charge in [0.15, 0.2) is 0 Å². The van der Waals surface area contributed by atoms with E-state index in [1.165, 1.54) is 0 Å². The van der Waals surface area contributed by atoms with Crippen molar-refractivity contribution in [3.8, 4) is 5.75 Å². The van der Waals surface area contributed by atoms with Crippen LogP contribution in [0.15, 0.2) is 30.3 Å². The second-order valence-corrected chi connectivity index (χ2v) is 5.26. The third-order valence-electron chi connectivity index (χ3n) is 3.02. The van der Waals surface area contributed by atoms with E-state index < -0.39 is 0 Å². The first-order valence-corrected chi connectivity index (χ1v) is 7.13. The van der Waals surface area contributed by atoms with Gasteiger partial charge in [-0.1, -0.05) is 17.7 Å². The molecular formula is C15H20ClN3O. The van der Waals surface area contributed by atoms with Crippen molar-refractivity contribution in [1.82, 2.24) is 9.78 Å². The van der Waals surface area contributed by atoms with E-state index in [0.29, 0.717) is 11.6 Å². The molecule has 2 N–H and O–H groups in total. The number of nitrogens with zero attached hydrogens (tertiary/aromatic N) is 2. The zero-order valence-corrected chi connectivity index (χ0v) is 12.6. The van der Waals surface area contributed by atoms with E-state index in [1.54, 1.807) is 6.07 Å². The predicted octanol–water partition coefficient (Wildman–Crippen LogP) is 2.81. The van der Waals surface area contributed by atoms with Gasteiger partial charge in [-0.05, 0) is 38.1 Å². The van der Waals surface area contributed by atoms with Crippen LogP contribution in [-0.4, -0.2) is 22.4 Å². The van der Waals surface area contributed by atoms with E-state index in [1.807, 2.05) is 29.8 Å². The highest BCUT2D eigenvalue weighted by Gasteiger charge is 2.10. The topological polar surface area (TPSA) is 53.1 Å². The number of nitrogens with two attached hydrogens (primary N) is 1. The third kappa shape index (κ3) is 3.99. The summed E-state index contributed by atoms with van der Waals surface area (Å²) < 4.78 is 7.64. The molecule has 4 nitrogen and oxygen atoms in total. The van der Waals surface area contributed by atoms with Gasteiger partial charge in [-0.3, -0.25) is 4.68 Å². The molecule has 0 aliphatic heterocycles. The molecular weight excluding hydrogens is 274 g/mol. The van der Waals surface area contributed by atoms with Crippen LogP contribution in [0, 0.1) is 6.92 Å². The van der Waals surface area contributed by atoms with Gasteiger partial charge in [-0.2, -0.15) is 5.10 Å². The van der Waals surface area contributed by atoms with E-state index in [0.717, 1.165) is 30.1 Å². The second kappa shape index (κ2) is 6.77. The van der Waals surface area contributed by atoms with Crippen molar-refractivity contribution in [3.63, 3.8) is 0 Å². The van der Waals surface area contributed by atoms with Gasteiger partial charge in [0.25, 0.3) is 0 Å². The van der Waals surface area contributed by atoms with E-state index in [4.69, 9.17) is 22.1 Å². The van der Waals surface area contributed by atoms with Crippen molar-refractivity contribution in [3.05, 3.63) is 46.7 Å². The Morgan fingerprint density at radius 2 is 2.20 bits per heavy atom. The highest BCUT2D eigenvalue weighted by atomic mass is 35.5. The summed E-state index contributed by atoms with van der Waals surface area (Å²) in [5.74, 6) is 0.744. The van der Waals surface area contributed by atoms with Gasteiger partial charge in [-0.25, -0.2) is 0 Å². The Kier molecular flexibility index (Phi) is 5.04. The minimum atomic E-state index is -0.0737. The van der Waals surface area contributed by atoms with Crippen molar-refractivity contribution in [2.45, 2.75) is 32.9 Å². The molecule has 0 saturated carbocycles. The van der Waals surface area contributed by atoms with E-state index >= 15 is 0 Å². The van der Waals surface area contributed by atoms with E-state index in [9.17, 15) is 0 Å². The van der Waals surface area contributed by atoms with Crippen LogP contribution in [0.4, 0.5) is 0 Å². The Morgan fingerprint density at radius 3 is 2.90 bits per heavy atom. The fourth-order valence-electron chi connectivity index (χ4n) is 2.12. The summed E-state index contributed by atoms with van der Waals surface area (Å²) in [4.78, 5) is 0. The normalized spacial score (nSPS) is 12.4. The molecule has 0 fully saturated rings. The van der Waals surface area contributed by atoms with Crippen molar-refractivity contribution in [2.75, 3.05) is 6.61 Å². The van der Waals surface area contributed by atoms with Crippen molar-refractivity contribution < 1.29 is 4.74 Å². The summed E-state index contributed by atoms with van der Waals surface area (Å²) in [7, 11) is 0. The predicted molar refractivity (Wildman–Crippen MR) is 81.3 cm³/mol. The summed E-state index contributed by atoms with van der Waals surface area (Å²) in [5.41, 5.74) is 8.29. The van der Waals surface area contributed by atoms with Crippen LogP contribution in [0.25, 0.3) is 0 Å². The average Bonchev–Trinajstić information content (AvgIpc) is 2.76. The van der Waals surface area contributed by atoms with Gasteiger partial charge in [0.1, 0.15) is 12.4 Å². The number of hydrogen-bond donors (Lipinski definition) is 1. The van der Waals surface area contributed by atoms with E-state index in [2.05, 4.69) is 18.1 Å². The fraction of sp³-hybridized carbons (Fsp3) is 0.400. The lowest BCUT2D eigenvalue weighted by atomic mass is 10.1. The number of ether oxygens (including phenoxy) is 1. The molecule has 0 saturated heterocycles. The van der Waals surface area contributed by atoms with Crippen LogP contribution < -0.4 is 10.5 Å². The maximum absolute atomic E-state index is 6.13. The van der Waals surface area contributed by atoms with E-state index in [-0.39, 0.29) is 6.04 Å². The maximum atomic E-state index is 6.13. The molecule has 1 unspecified atom stereocenters. The number of aryl methyl sites for hydroxylation is 2. The molecule has 1 atom stereocenters. The lowest BCUT2D eigenvalue weighted by molar-refractivity contribution is 0.285. The van der Waals surface area contributed by atoms with Crippen LogP contribution in [-0.2, 0) is 13.0 Å². The summed E-state index contributed by atoms with van der Waals surface area (Å²) in [6.45, 7) is 5.37. The largest absolute Gasteiger partial charge is 0.492 e. The minimum Gasteiger partial charge on any atom is -0.492 e. The SMILES string of the molecule is CCn1nc(C)cc1CC(N)COc1cccc(Cl)c1. The average molecular weight is 294 g/mol. The van der Waals surface area contributed by atoms with Gasteiger partial charge in [-0.15, -0.1) is 0 Å². The second-order valence-electron chi connectivity index (χ2n) is 4.83. The molecule has 2 aromatic rings. The molecule has 1 aromatic carbocycles. The zero-order chi connectivity index (χ0) is 14.5. The lowest BCUT2D eigenvalue weighted by Gasteiger charge is -2.14. The van der Waals surface area contributed by atoms with Crippen LogP contribution in [0.1, 0.15) is 18.3 Å². The highest BCUT2D eigenvalue weighted by molar-refractivity contribution is 6.30. The lowest BCUT2D eigenvalue weighted by Crippen LogP contribution is -2.31. The van der Waals surface area contributed by atoms with Crippen molar-refractivity contribution in [1.29, 1.82) is 0 Å². The van der Waals surface area contributed by atoms with Gasteiger partial charge >= 0.3 is 0 Å². The molecule has 0 spiro atoms. The van der Waals surface area contributed by atoms with Crippen LogP contribution in [0.5, 0.6) is 5.75 Å². The summed E-state index contributed by atoms with van der Waals surface area (Å²) >= 11 is 5.91. The fourth-order valence-corrected chi connectivity index (χ4v) is 2.31. The first kappa shape index (κ1) is 14.9. The molecule has 0 bridgehead atoms. The van der Waals surface area contributed by atoms with Gasteiger partial charge in [0.05, 0.1) is 5.69 Å². The molecule has 20 heavy (non-hydrogen) atoms. The maximum Gasteiger partial charge on any atom is 0.120 e. The quantitative estimate of drug-likeness (QED) is 0.891. The molecule has 2 rings (SSSR count). The first-order valence-electron chi connectivity index (χ1n) is 6.75. The van der Waals surface area contributed by atoms with Crippen LogP contribution in [0.3, 0.4) is 0 Å². The minimum absolute atomic E-state index is 0.0737. The smallest absolute Gasteiger partial charge is 0.120 e. The van der Waals surface area contributed by atoms with Gasteiger partial charge < -0.3 is 10.5 Å². The van der Waals surface area contributed by atoms with Gasteiger partial charge in [0, 0.05) is 29.7 Å². The summed E-state index contributed by atoms with van der Waals surface area (Å²) in [5, 5.41) is 5.08. The molecule has 108 valence electrons. The van der Waals surface area contributed by atoms with Gasteiger partial charge in [0.2, 0.25) is 0 Å². The molecule has 1 heterocycles. The van der Waals surface area contributed by atoms with Crippen LogP contribution >= 0.6 is 11.6 Å². The summed E-state index contributed by atoms with van der Waals surface area (Å²) in [6, 6.07) is 9.34.